The Morgan fingerprint density at radius 3 is 2.71 bits per heavy atom. The number of nitrogens with zero attached hydrogens (tertiary/aromatic N) is 1. The first-order valence-corrected chi connectivity index (χ1v) is 4.65. The Morgan fingerprint density at radius 2 is 2.29 bits per heavy atom. The van der Waals surface area contributed by atoms with Gasteiger partial charge in [0.05, 0.1) is 6.61 Å². The molecule has 1 aromatic heterocycles. The fourth-order valence-corrected chi connectivity index (χ4v) is 1.23. The van der Waals surface area contributed by atoms with Crippen molar-refractivity contribution >= 4 is 11.7 Å². The number of furan rings is 1. The minimum atomic E-state index is -0.0868. The normalized spacial score (nSPS) is 10.2. The van der Waals surface area contributed by atoms with Crippen molar-refractivity contribution in [2.75, 3.05) is 24.6 Å². The number of Topliss-reactive ketones (excluding diaryl/α,β-unsaturated/α-hetero) is 1. The Bertz CT molecular complexity index is 306. The molecule has 4 nitrogen and oxygen atoms in total. The molecule has 1 heterocycles. The zero-order valence-electron chi connectivity index (χ0n) is 8.49. The lowest BCUT2D eigenvalue weighted by Crippen LogP contribution is -2.25. The molecule has 0 radical (unpaired) electrons. The first kappa shape index (κ1) is 10.8. The monoisotopic (exact) mass is 197 g/mol. The Labute approximate surface area is 83.1 Å². The van der Waals surface area contributed by atoms with E-state index in [1.807, 2.05) is 11.8 Å². The molecule has 0 aliphatic rings. The molecule has 0 amide bonds. The van der Waals surface area contributed by atoms with E-state index in [1.165, 1.54) is 6.92 Å². The molecule has 1 rings (SSSR count). The van der Waals surface area contributed by atoms with Gasteiger partial charge in [0, 0.05) is 26.1 Å². The van der Waals surface area contributed by atoms with Gasteiger partial charge in [-0.3, -0.25) is 4.79 Å². The minimum absolute atomic E-state index is 0.0734. The summed E-state index contributed by atoms with van der Waals surface area (Å²) in [7, 11) is 0. The van der Waals surface area contributed by atoms with Crippen LogP contribution in [0.2, 0.25) is 0 Å². The maximum Gasteiger partial charge on any atom is 0.196 e. The Morgan fingerprint density at radius 1 is 1.57 bits per heavy atom. The van der Waals surface area contributed by atoms with Crippen molar-refractivity contribution < 1.29 is 14.3 Å². The number of carbonyl (C=O) groups is 1. The molecule has 0 saturated carbocycles. The summed E-state index contributed by atoms with van der Waals surface area (Å²) < 4.78 is 5.32. The molecule has 78 valence electrons. The molecule has 4 heteroatoms. The van der Waals surface area contributed by atoms with Gasteiger partial charge >= 0.3 is 0 Å². The van der Waals surface area contributed by atoms with Crippen molar-refractivity contribution in [1.82, 2.24) is 0 Å². The molecule has 14 heavy (non-hydrogen) atoms. The predicted octanol–water partition coefficient (Wildman–Crippen LogP) is 1.30. The van der Waals surface area contributed by atoms with E-state index in [4.69, 9.17) is 9.52 Å². The van der Waals surface area contributed by atoms with Crippen LogP contribution in [0, 0.1) is 0 Å². The molecule has 0 atom stereocenters. The molecule has 0 aromatic carbocycles. The third kappa shape index (κ3) is 2.35. The number of ketones is 1. The second-order valence-corrected chi connectivity index (χ2v) is 3.00. The van der Waals surface area contributed by atoms with E-state index in [1.54, 1.807) is 12.1 Å². The van der Waals surface area contributed by atoms with E-state index in [9.17, 15) is 4.79 Å². The van der Waals surface area contributed by atoms with Crippen LogP contribution in [0.4, 0.5) is 5.88 Å². The van der Waals surface area contributed by atoms with Crippen molar-refractivity contribution in [2.45, 2.75) is 13.8 Å². The second-order valence-electron chi connectivity index (χ2n) is 3.00. The predicted molar refractivity (Wildman–Crippen MR) is 53.7 cm³/mol. The molecule has 0 unspecified atom stereocenters. The van der Waals surface area contributed by atoms with Crippen molar-refractivity contribution in [2.24, 2.45) is 0 Å². The lowest BCUT2D eigenvalue weighted by atomic mass is 10.3. The van der Waals surface area contributed by atoms with E-state index >= 15 is 0 Å². The third-order valence-electron chi connectivity index (χ3n) is 2.00. The van der Waals surface area contributed by atoms with Gasteiger partial charge in [-0.25, -0.2) is 0 Å². The fourth-order valence-electron chi connectivity index (χ4n) is 1.23. The molecular weight excluding hydrogens is 182 g/mol. The van der Waals surface area contributed by atoms with Crippen molar-refractivity contribution in [3.8, 4) is 0 Å². The van der Waals surface area contributed by atoms with Crippen molar-refractivity contribution in [3.05, 3.63) is 17.9 Å². The van der Waals surface area contributed by atoms with Crippen LogP contribution in [0.3, 0.4) is 0 Å². The van der Waals surface area contributed by atoms with Gasteiger partial charge in [-0.15, -0.1) is 0 Å². The highest BCUT2D eigenvalue weighted by molar-refractivity contribution is 5.91. The van der Waals surface area contributed by atoms with Gasteiger partial charge in [0.15, 0.2) is 17.4 Å². The molecule has 0 bridgehead atoms. The number of hydrogen-bond acceptors (Lipinski definition) is 4. The van der Waals surface area contributed by atoms with E-state index in [2.05, 4.69) is 0 Å². The summed E-state index contributed by atoms with van der Waals surface area (Å²) in [5, 5.41) is 8.79. The largest absolute Gasteiger partial charge is 0.437 e. The Kier molecular flexibility index (Phi) is 3.71. The Hall–Kier alpha value is -1.29. The molecule has 0 aliphatic carbocycles. The molecule has 0 fully saturated rings. The van der Waals surface area contributed by atoms with E-state index in [-0.39, 0.29) is 12.4 Å². The van der Waals surface area contributed by atoms with Gasteiger partial charge in [0.1, 0.15) is 0 Å². The van der Waals surface area contributed by atoms with Crippen molar-refractivity contribution in [3.63, 3.8) is 0 Å². The van der Waals surface area contributed by atoms with Gasteiger partial charge in [0.2, 0.25) is 0 Å². The topological polar surface area (TPSA) is 53.7 Å². The molecular formula is C10H15NO3. The van der Waals surface area contributed by atoms with Gasteiger partial charge < -0.3 is 14.4 Å². The van der Waals surface area contributed by atoms with Crippen LogP contribution in [0.5, 0.6) is 0 Å². The zero-order valence-corrected chi connectivity index (χ0v) is 8.49. The van der Waals surface area contributed by atoms with Crippen LogP contribution in [0.25, 0.3) is 0 Å². The van der Waals surface area contributed by atoms with Gasteiger partial charge in [-0.1, -0.05) is 0 Å². The quantitative estimate of drug-likeness (QED) is 0.723. The number of aliphatic hydroxyl groups excluding tert-OH is 1. The number of aliphatic hydroxyl groups is 1. The van der Waals surface area contributed by atoms with Gasteiger partial charge in [0.25, 0.3) is 0 Å². The summed E-state index contributed by atoms with van der Waals surface area (Å²) in [5.74, 6) is 0.902. The van der Waals surface area contributed by atoms with Crippen LogP contribution >= 0.6 is 0 Å². The Balaban J connectivity index is 2.78. The molecule has 0 aliphatic heterocycles. The SMILES string of the molecule is CCN(CCO)c1ccc(C(C)=O)o1. The summed E-state index contributed by atoms with van der Waals surface area (Å²) in [6, 6.07) is 3.40. The fraction of sp³-hybridized carbons (Fsp3) is 0.500. The van der Waals surface area contributed by atoms with Crippen LogP contribution in [-0.4, -0.2) is 30.6 Å². The van der Waals surface area contributed by atoms with Crippen LogP contribution in [0.15, 0.2) is 16.5 Å². The lowest BCUT2D eigenvalue weighted by molar-refractivity contribution is 0.0987. The number of likely N-dealkylation sites (N-methyl/N-ethyl adjacent to an activating group) is 1. The third-order valence-corrected chi connectivity index (χ3v) is 2.00. The van der Waals surface area contributed by atoms with E-state index in [0.717, 1.165) is 6.54 Å². The summed E-state index contributed by atoms with van der Waals surface area (Å²) in [6.45, 7) is 4.76. The van der Waals surface area contributed by atoms with Crippen LogP contribution in [0.1, 0.15) is 24.4 Å². The van der Waals surface area contributed by atoms with E-state index < -0.39 is 0 Å². The molecule has 0 spiro atoms. The molecule has 0 saturated heterocycles. The summed E-state index contributed by atoms with van der Waals surface area (Å²) in [6.07, 6.45) is 0. The maximum absolute atomic E-state index is 11.0. The van der Waals surface area contributed by atoms with Gasteiger partial charge in [-0.05, 0) is 13.0 Å². The molecule has 1 N–H and O–H groups in total. The lowest BCUT2D eigenvalue weighted by Gasteiger charge is -2.17. The summed E-state index contributed by atoms with van der Waals surface area (Å²) >= 11 is 0. The number of hydrogen-bond donors (Lipinski definition) is 1. The minimum Gasteiger partial charge on any atom is -0.437 e. The van der Waals surface area contributed by atoms with Crippen LogP contribution < -0.4 is 4.90 Å². The number of carbonyl (C=O) groups excluding carboxylic acids is 1. The highest BCUT2D eigenvalue weighted by Gasteiger charge is 2.10. The number of anilines is 1. The highest BCUT2D eigenvalue weighted by atomic mass is 16.4. The van der Waals surface area contributed by atoms with Crippen molar-refractivity contribution in [1.29, 1.82) is 0 Å². The first-order chi connectivity index (χ1) is 6.69. The van der Waals surface area contributed by atoms with Gasteiger partial charge in [-0.2, -0.15) is 0 Å². The summed E-state index contributed by atoms with van der Waals surface area (Å²) in [4.78, 5) is 12.8. The van der Waals surface area contributed by atoms with E-state index in [0.29, 0.717) is 18.2 Å². The number of rotatable bonds is 5. The zero-order chi connectivity index (χ0) is 10.6. The van der Waals surface area contributed by atoms with Crippen LogP contribution in [-0.2, 0) is 0 Å². The second kappa shape index (κ2) is 4.81. The first-order valence-electron chi connectivity index (χ1n) is 4.65. The molecule has 1 aromatic rings. The maximum atomic E-state index is 11.0. The smallest absolute Gasteiger partial charge is 0.196 e. The average molecular weight is 197 g/mol. The average Bonchev–Trinajstić information content (AvgIpc) is 2.63. The summed E-state index contributed by atoms with van der Waals surface area (Å²) in [5.41, 5.74) is 0. The highest BCUT2D eigenvalue weighted by Crippen LogP contribution is 2.18. The standard InChI is InChI=1S/C10H15NO3/c1-3-11(6-7-12)10-5-4-9(14-10)8(2)13/h4-5,12H,3,6-7H2,1-2H3.